The number of hydrogen-bond acceptors (Lipinski definition) is 7. The summed E-state index contributed by atoms with van der Waals surface area (Å²) in [6.07, 6.45) is 0. The van der Waals surface area contributed by atoms with Gasteiger partial charge in [-0.3, -0.25) is 0 Å². The quantitative estimate of drug-likeness (QED) is 0.594. The first-order chi connectivity index (χ1) is 16.5. The Bertz CT molecular complexity index is 1120. The first kappa shape index (κ1) is 23.2. The highest BCUT2D eigenvalue weighted by atomic mass is 16.5. The number of piperazine rings is 1. The fourth-order valence-electron chi connectivity index (χ4n) is 3.94. The highest BCUT2D eigenvalue weighted by Gasteiger charge is 2.22. The predicted octanol–water partition coefficient (Wildman–Crippen LogP) is 3.83. The van der Waals surface area contributed by atoms with Crippen molar-refractivity contribution in [3.8, 4) is 28.5 Å². The zero-order valence-corrected chi connectivity index (χ0v) is 19.9. The number of nitrogens with zero attached hydrogens (tertiary/aromatic N) is 4. The maximum Gasteiger partial charge on any atom is 0.321 e. The van der Waals surface area contributed by atoms with Gasteiger partial charge in [0.15, 0.2) is 17.3 Å². The summed E-state index contributed by atoms with van der Waals surface area (Å²) in [6.45, 7) is 4.57. The first-order valence-electron chi connectivity index (χ1n) is 11.0. The lowest BCUT2D eigenvalue weighted by molar-refractivity contribution is 0.208. The molecule has 0 aliphatic carbocycles. The molecule has 2 aromatic carbocycles. The van der Waals surface area contributed by atoms with E-state index in [9.17, 15) is 4.79 Å². The van der Waals surface area contributed by atoms with Crippen LogP contribution >= 0.6 is 0 Å². The van der Waals surface area contributed by atoms with Crippen molar-refractivity contribution in [2.75, 3.05) is 57.7 Å². The van der Waals surface area contributed by atoms with E-state index in [1.165, 1.54) is 0 Å². The van der Waals surface area contributed by atoms with Gasteiger partial charge in [0, 0.05) is 37.4 Å². The largest absolute Gasteiger partial charge is 0.493 e. The van der Waals surface area contributed by atoms with Gasteiger partial charge in [-0.1, -0.05) is 12.1 Å². The fraction of sp³-hybridized carbons (Fsp3) is 0.320. The van der Waals surface area contributed by atoms with Crippen molar-refractivity contribution in [2.45, 2.75) is 6.92 Å². The van der Waals surface area contributed by atoms with Crippen molar-refractivity contribution in [2.24, 2.45) is 0 Å². The molecule has 1 aliphatic heterocycles. The van der Waals surface area contributed by atoms with Crippen LogP contribution in [-0.2, 0) is 0 Å². The van der Waals surface area contributed by atoms with Crippen molar-refractivity contribution in [1.29, 1.82) is 0 Å². The van der Waals surface area contributed by atoms with E-state index < -0.39 is 0 Å². The van der Waals surface area contributed by atoms with Gasteiger partial charge in [0.1, 0.15) is 0 Å². The first-order valence-corrected chi connectivity index (χ1v) is 11.0. The van der Waals surface area contributed by atoms with Gasteiger partial charge in [0.2, 0.25) is 5.75 Å². The number of aromatic nitrogens is 2. The molecule has 0 unspecified atom stereocenters. The van der Waals surface area contributed by atoms with Crippen LogP contribution in [0.15, 0.2) is 48.5 Å². The van der Waals surface area contributed by atoms with Crippen LogP contribution in [0.5, 0.6) is 17.2 Å². The Labute approximate surface area is 199 Å². The average Bonchev–Trinajstić information content (AvgIpc) is 2.88. The summed E-state index contributed by atoms with van der Waals surface area (Å²) in [6, 6.07) is 15.2. The standard InChI is InChI=1S/C25H29N5O4/c1-17-6-5-7-19(14-17)26-25(31)30-12-10-29(11-13-30)23-9-8-20(27-28-23)18-15-21(32-2)24(34-4)22(16-18)33-3/h5-9,14-16H,10-13H2,1-4H3,(H,26,31). The number of urea groups is 1. The minimum absolute atomic E-state index is 0.0888. The normalized spacial score (nSPS) is 13.4. The van der Waals surface area contributed by atoms with Gasteiger partial charge in [0.05, 0.1) is 27.0 Å². The second-order valence-electron chi connectivity index (χ2n) is 7.96. The van der Waals surface area contributed by atoms with Crippen LogP contribution in [0.3, 0.4) is 0 Å². The molecule has 178 valence electrons. The minimum Gasteiger partial charge on any atom is -0.493 e. The molecular formula is C25H29N5O4. The monoisotopic (exact) mass is 463 g/mol. The van der Waals surface area contributed by atoms with Gasteiger partial charge in [-0.25, -0.2) is 4.79 Å². The third kappa shape index (κ3) is 4.98. The number of benzene rings is 2. The van der Waals surface area contributed by atoms with Crippen LogP contribution in [0, 0.1) is 6.92 Å². The number of ether oxygens (including phenoxy) is 3. The summed E-state index contributed by atoms with van der Waals surface area (Å²) in [5, 5.41) is 11.8. The second kappa shape index (κ2) is 10.3. The van der Waals surface area contributed by atoms with Gasteiger partial charge >= 0.3 is 6.03 Å². The Kier molecular flexibility index (Phi) is 7.01. The molecule has 0 radical (unpaired) electrons. The number of methoxy groups -OCH3 is 3. The summed E-state index contributed by atoms with van der Waals surface area (Å²) >= 11 is 0. The molecule has 34 heavy (non-hydrogen) atoms. The van der Waals surface area contributed by atoms with Crippen molar-refractivity contribution < 1.29 is 19.0 Å². The minimum atomic E-state index is -0.0888. The van der Waals surface area contributed by atoms with Crippen LogP contribution in [-0.4, -0.2) is 68.6 Å². The second-order valence-corrected chi connectivity index (χ2v) is 7.96. The number of anilines is 2. The highest BCUT2D eigenvalue weighted by Crippen LogP contribution is 2.40. The molecular weight excluding hydrogens is 434 g/mol. The lowest BCUT2D eigenvalue weighted by Crippen LogP contribution is -2.50. The van der Waals surface area contributed by atoms with Crippen molar-refractivity contribution in [1.82, 2.24) is 15.1 Å². The molecule has 3 aromatic rings. The molecule has 0 saturated carbocycles. The maximum absolute atomic E-state index is 12.6. The van der Waals surface area contributed by atoms with Crippen molar-refractivity contribution >= 4 is 17.5 Å². The van der Waals surface area contributed by atoms with E-state index in [1.54, 1.807) is 21.3 Å². The molecule has 1 fully saturated rings. The van der Waals surface area contributed by atoms with E-state index in [4.69, 9.17) is 14.2 Å². The predicted molar refractivity (Wildman–Crippen MR) is 131 cm³/mol. The Hall–Kier alpha value is -4.01. The Morgan fingerprint density at radius 3 is 2.15 bits per heavy atom. The Balaban J connectivity index is 1.40. The highest BCUT2D eigenvalue weighted by molar-refractivity contribution is 5.89. The van der Waals surface area contributed by atoms with Crippen LogP contribution in [0.1, 0.15) is 5.56 Å². The van der Waals surface area contributed by atoms with E-state index in [0.717, 1.165) is 22.6 Å². The third-order valence-electron chi connectivity index (χ3n) is 5.77. The van der Waals surface area contributed by atoms with Gasteiger partial charge in [-0.15, -0.1) is 10.2 Å². The summed E-state index contributed by atoms with van der Waals surface area (Å²) in [7, 11) is 4.73. The van der Waals surface area contributed by atoms with Crippen LogP contribution in [0.4, 0.5) is 16.3 Å². The summed E-state index contributed by atoms with van der Waals surface area (Å²) in [5.41, 5.74) is 3.42. The topological polar surface area (TPSA) is 89.1 Å². The summed E-state index contributed by atoms with van der Waals surface area (Å²) in [4.78, 5) is 16.6. The molecule has 0 atom stereocenters. The average molecular weight is 464 g/mol. The molecule has 1 N–H and O–H groups in total. The van der Waals surface area contributed by atoms with Gasteiger partial charge in [0.25, 0.3) is 0 Å². The number of rotatable bonds is 6. The maximum atomic E-state index is 12.6. The summed E-state index contributed by atoms with van der Waals surface area (Å²) in [5.74, 6) is 2.42. The zero-order chi connectivity index (χ0) is 24.1. The zero-order valence-electron chi connectivity index (χ0n) is 19.9. The van der Waals surface area contributed by atoms with E-state index in [-0.39, 0.29) is 6.03 Å². The number of nitrogens with one attached hydrogen (secondary N) is 1. The smallest absolute Gasteiger partial charge is 0.321 e. The number of carbonyl (C=O) groups excluding carboxylic acids is 1. The SMILES string of the molecule is COc1cc(-c2ccc(N3CCN(C(=O)Nc4cccc(C)c4)CC3)nn2)cc(OC)c1OC. The number of aryl methyl sites for hydroxylation is 1. The number of carbonyl (C=O) groups is 1. The van der Waals surface area contributed by atoms with Gasteiger partial charge < -0.3 is 29.3 Å². The number of amides is 2. The molecule has 0 bridgehead atoms. The third-order valence-corrected chi connectivity index (χ3v) is 5.77. The molecule has 4 rings (SSSR count). The van der Waals surface area contributed by atoms with Crippen molar-refractivity contribution in [3.05, 3.63) is 54.1 Å². The Morgan fingerprint density at radius 2 is 1.59 bits per heavy atom. The lowest BCUT2D eigenvalue weighted by Gasteiger charge is -2.35. The molecule has 9 heteroatoms. The fourth-order valence-corrected chi connectivity index (χ4v) is 3.94. The van der Waals surface area contributed by atoms with Gasteiger partial charge in [-0.05, 0) is 48.9 Å². The van der Waals surface area contributed by atoms with E-state index >= 15 is 0 Å². The van der Waals surface area contributed by atoms with E-state index in [2.05, 4.69) is 20.4 Å². The van der Waals surface area contributed by atoms with Gasteiger partial charge in [-0.2, -0.15) is 0 Å². The van der Waals surface area contributed by atoms with E-state index in [1.807, 2.05) is 60.4 Å². The molecule has 9 nitrogen and oxygen atoms in total. The molecule has 2 amide bonds. The van der Waals surface area contributed by atoms with Crippen molar-refractivity contribution in [3.63, 3.8) is 0 Å². The Morgan fingerprint density at radius 1 is 0.882 bits per heavy atom. The molecule has 1 aromatic heterocycles. The van der Waals surface area contributed by atoms with Crippen LogP contribution < -0.4 is 24.4 Å². The molecule has 2 heterocycles. The molecule has 1 aliphatic rings. The van der Waals surface area contributed by atoms with Crippen LogP contribution in [0.25, 0.3) is 11.3 Å². The molecule has 1 saturated heterocycles. The summed E-state index contributed by atoms with van der Waals surface area (Å²) < 4.78 is 16.3. The number of hydrogen-bond donors (Lipinski definition) is 1. The lowest BCUT2D eigenvalue weighted by atomic mass is 10.1. The molecule has 0 spiro atoms. The van der Waals surface area contributed by atoms with E-state index in [0.29, 0.717) is 49.1 Å². The van der Waals surface area contributed by atoms with Crippen LogP contribution in [0.2, 0.25) is 0 Å².